The van der Waals surface area contributed by atoms with Gasteiger partial charge in [-0.05, 0) is 47.1 Å². The van der Waals surface area contributed by atoms with E-state index in [1.807, 2.05) is 11.4 Å². The van der Waals surface area contributed by atoms with E-state index in [9.17, 15) is 8.78 Å². The second-order valence-corrected chi connectivity index (χ2v) is 8.11. The number of thiazole rings is 1. The van der Waals surface area contributed by atoms with Crippen molar-refractivity contribution in [2.24, 2.45) is 0 Å². The van der Waals surface area contributed by atoms with Gasteiger partial charge >= 0.3 is 0 Å². The number of aromatic nitrogens is 2. The van der Waals surface area contributed by atoms with Crippen molar-refractivity contribution < 1.29 is 18.3 Å². The number of ether oxygens (including phenoxy) is 2. The topological polar surface area (TPSA) is 71.0 Å². The van der Waals surface area contributed by atoms with E-state index in [1.165, 1.54) is 35.6 Å². The number of rotatable bonds is 6. The number of nitrogens with one attached hydrogen (secondary N) is 2. The first-order chi connectivity index (χ1) is 14.5. The Hall–Kier alpha value is -2.78. The van der Waals surface area contributed by atoms with Crippen molar-refractivity contribution in [2.45, 2.75) is 13.3 Å². The van der Waals surface area contributed by atoms with E-state index in [1.54, 1.807) is 13.1 Å². The van der Waals surface area contributed by atoms with Gasteiger partial charge in [-0.25, -0.2) is 13.8 Å². The fourth-order valence-electron chi connectivity index (χ4n) is 3.11. The number of benzene rings is 2. The van der Waals surface area contributed by atoms with Crippen molar-refractivity contribution in [3.05, 3.63) is 74.3 Å². The normalized spacial score (nSPS) is 11.1. The van der Waals surface area contributed by atoms with E-state index in [0.29, 0.717) is 22.1 Å². The first-order valence-electron chi connectivity index (χ1n) is 9.03. The molecule has 0 atom stereocenters. The lowest BCUT2D eigenvalue weighted by molar-refractivity contribution is 0.324. The van der Waals surface area contributed by atoms with Gasteiger partial charge in [-0.2, -0.15) is 0 Å². The number of hydrogen-bond acceptors (Lipinski definition) is 5. The maximum absolute atomic E-state index is 15.0. The van der Waals surface area contributed by atoms with Crippen LogP contribution in [-0.2, 0) is 11.2 Å². The lowest BCUT2D eigenvalue weighted by Crippen LogP contribution is -2.07. The molecule has 154 valence electrons. The summed E-state index contributed by atoms with van der Waals surface area (Å²) in [5.41, 5.74) is 1.21. The lowest BCUT2D eigenvalue weighted by Gasteiger charge is -2.14. The molecule has 0 saturated carbocycles. The van der Waals surface area contributed by atoms with E-state index in [-0.39, 0.29) is 29.6 Å². The Kier molecular flexibility index (Phi) is 5.83. The molecule has 2 aromatic carbocycles. The predicted molar refractivity (Wildman–Crippen MR) is 116 cm³/mol. The summed E-state index contributed by atoms with van der Waals surface area (Å²) in [6.45, 7) is 1.94. The van der Waals surface area contributed by atoms with E-state index in [4.69, 9.17) is 14.9 Å². The van der Waals surface area contributed by atoms with Gasteiger partial charge < -0.3 is 14.5 Å². The number of halogens is 3. The quantitative estimate of drug-likeness (QED) is 0.241. The fourth-order valence-corrected chi connectivity index (χ4v) is 4.39. The Morgan fingerprint density at radius 3 is 2.80 bits per heavy atom. The van der Waals surface area contributed by atoms with Crippen molar-refractivity contribution in [1.29, 1.82) is 5.41 Å². The van der Waals surface area contributed by atoms with Crippen LogP contribution in [0.15, 0.2) is 46.5 Å². The third-order valence-electron chi connectivity index (χ3n) is 4.41. The third kappa shape index (κ3) is 4.08. The SMILES string of the molecule is CCOC(=N)c1cc(Oc2c(F)cc3[nH]ccc3c2Cc2nc(Br)cs2)ccc1F. The molecule has 0 aliphatic carbocycles. The molecule has 0 bridgehead atoms. The fraction of sp³-hybridized carbons (Fsp3) is 0.143. The van der Waals surface area contributed by atoms with Gasteiger partial charge in [0.2, 0.25) is 5.90 Å². The summed E-state index contributed by atoms with van der Waals surface area (Å²) in [6.07, 6.45) is 2.09. The van der Waals surface area contributed by atoms with Crippen LogP contribution in [0.4, 0.5) is 8.78 Å². The van der Waals surface area contributed by atoms with Crippen molar-refractivity contribution in [3.8, 4) is 11.5 Å². The second-order valence-electron chi connectivity index (χ2n) is 6.35. The van der Waals surface area contributed by atoms with E-state index >= 15 is 0 Å². The van der Waals surface area contributed by atoms with E-state index in [0.717, 1.165) is 10.4 Å². The summed E-state index contributed by atoms with van der Waals surface area (Å²) in [7, 11) is 0. The molecule has 4 aromatic rings. The first-order valence-corrected chi connectivity index (χ1v) is 10.7. The number of hydrogen-bond donors (Lipinski definition) is 2. The highest BCUT2D eigenvalue weighted by Gasteiger charge is 2.20. The van der Waals surface area contributed by atoms with Gasteiger partial charge in [0.25, 0.3) is 0 Å². The average Bonchev–Trinajstić information content (AvgIpc) is 3.34. The maximum atomic E-state index is 15.0. The minimum atomic E-state index is -0.616. The number of H-pyrrole nitrogens is 1. The second kappa shape index (κ2) is 8.53. The zero-order valence-electron chi connectivity index (χ0n) is 15.8. The van der Waals surface area contributed by atoms with Gasteiger partial charge in [-0.15, -0.1) is 11.3 Å². The zero-order valence-corrected chi connectivity index (χ0v) is 18.2. The van der Waals surface area contributed by atoms with Crippen LogP contribution in [0.2, 0.25) is 0 Å². The molecule has 0 spiro atoms. The summed E-state index contributed by atoms with van der Waals surface area (Å²) < 4.78 is 40.8. The molecule has 0 saturated heterocycles. The monoisotopic (exact) mass is 491 g/mol. The van der Waals surface area contributed by atoms with Gasteiger partial charge in [0.15, 0.2) is 11.6 Å². The molecule has 0 aliphatic heterocycles. The predicted octanol–water partition coefficient (Wildman–Crippen LogP) is 6.41. The maximum Gasteiger partial charge on any atom is 0.216 e. The highest BCUT2D eigenvalue weighted by molar-refractivity contribution is 9.10. The molecule has 2 heterocycles. The smallest absolute Gasteiger partial charge is 0.216 e. The minimum absolute atomic E-state index is 0.0360. The number of nitrogens with zero attached hydrogens (tertiary/aromatic N) is 1. The van der Waals surface area contributed by atoms with Gasteiger partial charge in [-0.1, -0.05) is 0 Å². The molecule has 2 aromatic heterocycles. The summed E-state index contributed by atoms with van der Waals surface area (Å²) in [6, 6.07) is 7.10. The minimum Gasteiger partial charge on any atom is -0.478 e. The molecular weight excluding hydrogens is 476 g/mol. The van der Waals surface area contributed by atoms with Crippen LogP contribution >= 0.6 is 27.3 Å². The molecule has 0 amide bonds. The van der Waals surface area contributed by atoms with Crippen molar-refractivity contribution in [2.75, 3.05) is 6.61 Å². The van der Waals surface area contributed by atoms with Crippen LogP contribution in [0, 0.1) is 17.0 Å². The van der Waals surface area contributed by atoms with Crippen molar-refractivity contribution in [1.82, 2.24) is 9.97 Å². The van der Waals surface area contributed by atoms with E-state index < -0.39 is 11.6 Å². The van der Waals surface area contributed by atoms with Crippen LogP contribution in [0.5, 0.6) is 11.5 Å². The third-order valence-corrected chi connectivity index (χ3v) is 5.97. The Morgan fingerprint density at radius 2 is 2.07 bits per heavy atom. The molecule has 4 rings (SSSR count). The Bertz CT molecular complexity index is 1240. The lowest BCUT2D eigenvalue weighted by atomic mass is 10.1. The van der Waals surface area contributed by atoms with Gasteiger partial charge in [0.05, 0.1) is 17.2 Å². The van der Waals surface area contributed by atoms with Crippen LogP contribution in [-0.4, -0.2) is 22.5 Å². The molecule has 0 unspecified atom stereocenters. The van der Waals surface area contributed by atoms with Crippen LogP contribution in [0.25, 0.3) is 10.9 Å². The molecule has 5 nitrogen and oxygen atoms in total. The summed E-state index contributed by atoms with van der Waals surface area (Å²) in [4.78, 5) is 7.41. The molecule has 9 heteroatoms. The molecule has 2 N–H and O–H groups in total. The molecule has 0 fully saturated rings. The highest BCUT2D eigenvalue weighted by atomic mass is 79.9. The van der Waals surface area contributed by atoms with Gasteiger partial charge in [0.1, 0.15) is 16.2 Å². The Morgan fingerprint density at radius 1 is 1.23 bits per heavy atom. The Labute approximate surface area is 183 Å². The van der Waals surface area contributed by atoms with Crippen LogP contribution in [0.1, 0.15) is 23.1 Å². The standard InChI is InChI=1S/C21H16BrF2N3O2S/c1-2-28-21(25)14-7-11(3-4-15(14)23)29-20-13(8-19-27-18(22)10-30-19)12-5-6-26-17(12)9-16(20)24/h3-7,9-10,25-26H,2,8H2,1H3. The van der Waals surface area contributed by atoms with Crippen molar-refractivity contribution >= 4 is 44.1 Å². The van der Waals surface area contributed by atoms with Crippen LogP contribution in [0.3, 0.4) is 0 Å². The van der Waals surface area contributed by atoms with Gasteiger partial charge in [0, 0.05) is 40.5 Å². The van der Waals surface area contributed by atoms with Crippen molar-refractivity contribution in [3.63, 3.8) is 0 Å². The summed E-state index contributed by atoms with van der Waals surface area (Å²) in [5.74, 6) is -1.24. The summed E-state index contributed by atoms with van der Waals surface area (Å²) in [5, 5.41) is 11.3. The molecule has 0 aliphatic rings. The van der Waals surface area contributed by atoms with Gasteiger partial charge in [-0.3, -0.25) is 5.41 Å². The molecular formula is C21H16BrF2N3O2S. The molecule has 0 radical (unpaired) electrons. The average molecular weight is 492 g/mol. The summed E-state index contributed by atoms with van der Waals surface area (Å²) >= 11 is 4.79. The van der Waals surface area contributed by atoms with E-state index in [2.05, 4.69) is 25.9 Å². The number of fused-ring (bicyclic) bond motifs is 1. The first kappa shape index (κ1) is 20.5. The Balaban J connectivity index is 1.77. The zero-order chi connectivity index (χ0) is 21.3. The highest BCUT2D eigenvalue weighted by Crippen LogP contribution is 2.37. The number of aromatic amines is 1. The van der Waals surface area contributed by atoms with Crippen LogP contribution < -0.4 is 4.74 Å². The molecule has 30 heavy (non-hydrogen) atoms. The largest absolute Gasteiger partial charge is 0.478 e.